The number of hydrogen-bond donors (Lipinski definition) is 1. The van der Waals surface area contributed by atoms with Crippen molar-refractivity contribution in [2.75, 3.05) is 6.61 Å². The number of nitrogens with one attached hydrogen (secondary N) is 1. The van der Waals surface area contributed by atoms with E-state index in [1.54, 1.807) is 11.3 Å². The third-order valence-corrected chi connectivity index (χ3v) is 4.73. The second-order valence-electron chi connectivity index (χ2n) is 5.84. The van der Waals surface area contributed by atoms with Crippen molar-refractivity contribution < 1.29 is 14.3 Å². The largest absolute Gasteiger partial charge is 0.456 e. The van der Waals surface area contributed by atoms with Crippen LogP contribution in [-0.2, 0) is 20.7 Å². The number of para-hydroxylation sites is 1. The summed E-state index contributed by atoms with van der Waals surface area (Å²) in [5.74, 6) is -0.301. The molecule has 1 atom stereocenters. The summed E-state index contributed by atoms with van der Waals surface area (Å²) in [6.45, 7) is 5.75. The van der Waals surface area contributed by atoms with Gasteiger partial charge in [-0.3, -0.25) is 9.59 Å². The normalized spacial score (nSPS) is 12.3. The first-order valence-electron chi connectivity index (χ1n) is 7.75. The van der Waals surface area contributed by atoms with Crippen molar-refractivity contribution in [1.82, 2.24) is 10.3 Å². The van der Waals surface area contributed by atoms with Gasteiger partial charge in [-0.05, 0) is 25.0 Å². The highest BCUT2D eigenvalue weighted by atomic mass is 32.1. The van der Waals surface area contributed by atoms with E-state index in [9.17, 15) is 9.59 Å². The summed E-state index contributed by atoms with van der Waals surface area (Å²) in [6, 6.07) is 7.93. The van der Waals surface area contributed by atoms with Crippen molar-refractivity contribution >= 4 is 33.4 Å². The summed E-state index contributed by atoms with van der Waals surface area (Å²) in [6.07, 6.45) is 0.759. The lowest BCUT2D eigenvalue weighted by atomic mass is 10.1. The van der Waals surface area contributed by atoms with E-state index in [1.807, 2.05) is 45.0 Å². The number of fused-ring (bicyclic) bond motifs is 1. The van der Waals surface area contributed by atoms with Crippen LogP contribution in [0.2, 0.25) is 0 Å². The summed E-state index contributed by atoms with van der Waals surface area (Å²) in [5, 5.41) is 3.70. The maximum absolute atomic E-state index is 11.7. The highest BCUT2D eigenvalue weighted by Crippen LogP contribution is 2.22. The number of carbonyl (C=O) groups is 2. The van der Waals surface area contributed by atoms with Crippen LogP contribution in [0, 0.1) is 5.92 Å². The fourth-order valence-electron chi connectivity index (χ4n) is 1.92. The van der Waals surface area contributed by atoms with E-state index in [1.165, 1.54) is 0 Å². The molecule has 124 valence electrons. The maximum atomic E-state index is 11.7. The van der Waals surface area contributed by atoms with Crippen molar-refractivity contribution in [2.45, 2.75) is 39.7 Å². The van der Waals surface area contributed by atoms with E-state index in [2.05, 4.69) is 10.3 Å². The highest BCUT2D eigenvalue weighted by Gasteiger charge is 2.13. The van der Waals surface area contributed by atoms with Gasteiger partial charge in [-0.25, -0.2) is 4.98 Å². The number of ether oxygens (including phenoxy) is 1. The average Bonchev–Trinajstić information content (AvgIpc) is 2.93. The first-order valence-corrected chi connectivity index (χ1v) is 8.57. The SMILES string of the molecule is CC(C)[C@@H](C)NC(=O)COC(=O)CCc1nc2ccccc2s1. The Hall–Kier alpha value is -1.95. The van der Waals surface area contributed by atoms with Gasteiger partial charge in [-0.2, -0.15) is 0 Å². The average molecular weight is 334 g/mol. The molecule has 0 aliphatic rings. The lowest BCUT2D eigenvalue weighted by molar-refractivity contribution is -0.148. The molecular formula is C17H22N2O3S. The van der Waals surface area contributed by atoms with Crippen LogP contribution >= 0.6 is 11.3 Å². The van der Waals surface area contributed by atoms with E-state index in [0.29, 0.717) is 12.3 Å². The van der Waals surface area contributed by atoms with Crippen LogP contribution in [0.3, 0.4) is 0 Å². The van der Waals surface area contributed by atoms with Crippen molar-refractivity contribution in [1.29, 1.82) is 0 Å². The maximum Gasteiger partial charge on any atom is 0.306 e. The number of hydrogen-bond acceptors (Lipinski definition) is 5. The van der Waals surface area contributed by atoms with E-state index < -0.39 is 0 Å². The van der Waals surface area contributed by atoms with Crippen molar-refractivity contribution in [2.24, 2.45) is 5.92 Å². The molecule has 0 aliphatic carbocycles. The third-order valence-electron chi connectivity index (χ3n) is 3.63. The quantitative estimate of drug-likeness (QED) is 0.791. The zero-order valence-corrected chi connectivity index (χ0v) is 14.5. The summed E-state index contributed by atoms with van der Waals surface area (Å²) in [4.78, 5) is 27.9. The molecule has 23 heavy (non-hydrogen) atoms. The molecule has 0 aliphatic heterocycles. The van der Waals surface area contributed by atoms with Gasteiger partial charge in [-0.15, -0.1) is 11.3 Å². The first kappa shape index (κ1) is 17.4. The number of rotatable bonds is 7. The van der Waals surface area contributed by atoms with E-state index in [0.717, 1.165) is 15.2 Å². The van der Waals surface area contributed by atoms with Crippen molar-refractivity contribution in [3.63, 3.8) is 0 Å². The molecule has 1 aromatic carbocycles. The van der Waals surface area contributed by atoms with E-state index in [4.69, 9.17) is 4.74 Å². The van der Waals surface area contributed by atoms with E-state index in [-0.39, 0.29) is 30.9 Å². The minimum Gasteiger partial charge on any atom is -0.456 e. The van der Waals surface area contributed by atoms with Gasteiger partial charge in [-0.1, -0.05) is 26.0 Å². The van der Waals surface area contributed by atoms with Crippen molar-refractivity contribution in [3.05, 3.63) is 29.3 Å². The summed E-state index contributed by atoms with van der Waals surface area (Å²) in [5.41, 5.74) is 0.947. The smallest absolute Gasteiger partial charge is 0.306 e. The van der Waals surface area contributed by atoms with Crippen molar-refractivity contribution in [3.8, 4) is 0 Å². The molecule has 1 aromatic heterocycles. The molecule has 2 rings (SSSR count). The Balaban J connectivity index is 1.73. The van der Waals surface area contributed by atoms with Crippen LogP contribution < -0.4 is 5.32 Å². The summed E-state index contributed by atoms with van der Waals surface area (Å²) >= 11 is 1.58. The molecule has 5 nitrogen and oxygen atoms in total. The van der Waals surface area contributed by atoms with Crippen LogP contribution in [0.4, 0.5) is 0 Å². The Morgan fingerprint density at radius 1 is 1.26 bits per heavy atom. The molecule has 1 N–H and O–H groups in total. The van der Waals surface area contributed by atoms with Crippen LogP contribution in [0.25, 0.3) is 10.2 Å². The lowest BCUT2D eigenvalue weighted by Gasteiger charge is -2.17. The van der Waals surface area contributed by atoms with Gasteiger partial charge in [0.1, 0.15) is 0 Å². The van der Waals surface area contributed by atoms with Crippen LogP contribution in [-0.4, -0.2) is 29.5 Å². The number of aromatic nitrogens is 1. The molecule has 0 saturated carbocycles. The van der Waals surface area contributed by atoms with Crippen LogP contribution in [0.5, 0.6) is 0 Å². The minimum atomic E-state index is -0.378. The van der Waals surface area contributed by atoms with Gasteiger partial charge in [0, 0.05) is 12.5 Å². The predicted molar refractivity (Wildman–Crippen MR) is 91.3 cm³/mol. The minimum absolute atomic E-state index is 0.0592. The molecule has 0 radical (unpaired) electrons. The molecule has 0 spiro atoms. The number of benzene rings is 1. The predicted octanol–water partition coefficient (Wildman–Crippen LogP) is 2.93. The number of nitrogens with zero attached hydrogens (tertiary/aromatic N) is 1. The van der Waals surface area contributed by atoms with Crippen LogP contribution in [0.1, 0.15) is 32.2 Å². The number of esters is 1. The molecule has 0 unspecified atom stereocenters. The Labute approximate surface area is 140 Å². The standard InChI is InChI=1S/C17H22N2O3S/c1-11(2)12(3)18-15(20)10-22-17(21)9-8-16-19-13-6-4-5-7-14(13)23-16/h4-7,11-12H,8-10H2,1-3H3,(H,18,20)/t12-/m1/s1. The molecule has 0 fully saturated rings. The van der Waals surface area contributed by atoms with Gasteiger partial charge >= 0.3 is 5.97 Å². The second-order valence-corrected chi connectivity index (χ2v) is 6.95. The number of thiazole rings is 1. The van der Waals surface area contributed by atoms with Gasteiger partial charge in [0.15, 0.2) is 6.61 Å². The lowest BCUT2D eigenvalue weighted by Crippen LogP contribution is -2.38. The molecule has 1 amide bonds. The van der Waals surface area contributed by atoms with Gasteiger partial charge in [0.05, 0.1) is 21.6 Å². The fraction of sp³-hybridized carbons (Fsp3) is 0.471. The molecule has 6 heteroatoms. The Bertz CT molecular complexity index is 648. The fourth-order valence-corrected chi connectivity index (χ4v) is 2.88. The number of amides is 1. The summed E-state index contributed by atoms with van der Waals surface area (Å²) < 4.78 is 6.12. The topological polar surface area (TPSA) is 68.3 Å². The van der Waals surface area contributed by atoms with Gasteiger partial charge in [0.2, 0.25) is 0 Å². The monoisotopic (exact) mass is 334 g/mol. The summed E-state index contributed by atoms with van der Waals surface area (Å²) in [7, 11) is 0. The van der Waals surface area contributed by atoms with E-state index >= 15 is 0 Å². The van der Waals surface area contributed by atoms with Crippen LogP contribution in [0.15, 0.2) is 24.3 Å². The zero-order chi connectivity index (χ0) is 16.8. The molecule has 0 saturated heterocycles. The Kier molecular flexibility index (Phi) is 6.10. The number of carbonyl (C=O) groups excluding carboxylic acids is 2. The Morgan fingerprint density at radius 3 is 2.70 bits per heavy atom. The van der Waals surface area contributed by atoms with Gasteiger partial charge in [0.25, 0.3) is 5.91 Å². The molecule has 0 bridgehead atoms. The molecule has 2 aromatic rings. The first-order chi connectivity index (χ1) is 11.0. The Morgan fingerprint density at radius 2 is 2.00 bits per heavy atom. The molecular weight excluding hydrogens is 312 g/mol. The third kappa shape index (κ3) is 5.32. The molecule has 1 heterocycles. The number of aryl methyl sites for hydroxylation is 1. The highest BCUT2D eigenvalue weighted by molar-refractivity contribution is 7.18. The second kappa shape index (κ2) is 8.06. The van der Waals surface area contributed by atoms with Gasteiger partial charge < -0.3 is 10.1 Å². The zero-order valence-electron chi connectivity index (χ0n) is 13.7.